The summed E-state index contributed by atoms with van der Waals surface area (Å²) >= 11 is 7.34. The summed E-state index contributed by atoms with van der Waals surface area (Å²) in [5, 5.41) is 6.66. The van der Waals surface area contributed by atoms with Crippen molar-refractivity contribution in [1.29, 1.82) is 0 Å². The summed E-state index contributed by atoms with van der Waals surface area (Å²) in [6.07, 6.45) is -3.16. The zero-order chi connectivity index (χ0) is 18.7. The second-order valence-electron chi connectivity index (χ2n) is 5.52. The van der Waals surface area contributed by atoms with Crippen molar-refractivity contribution in [2.75, 3.05) is 11.9 Å². The molecule has 4 nitrogen and oxygen atoms in total. The molecule has 0 saturated carbocycles. The van der Waals surface area contributed by atoms with Crippen LogP contribution in [0.25, 0.3) is 11.3 Å². The predicted molar refractivity (Wildman–Crippen MR) is 97.2 cm³/mol. The molecule has 0 amide bonds. The quantitative estimate of drug-likeness (QED) is 0.635. The average molecular weight is 399 g/mol. The van der Waals surface area contributed by atoms with Gasteiger partial charge in [-0.1, -0.05) is 17.7 Å². The average Bonchev–Trinajstić information content (AvgIpc) is 3.13. The Labute approximate surface area is 156 Å². The number of hydrogen-bond acceptors (Lipinski definition) is 5. The zero-order valence-electron chi connectivity index (χ0n) is 13.3. The Morgan fingerprint density at radius 3 is 2.65 bits per heavy atom. The second-order valence-corrected chi connectivity index (χ2v) is 6.71. The van der Waals surface area contributed by atoms with E-state index in [1.54, 1.807) is 17.4 Å². The van der Waals surface area contributed by atoms with Gasteiger partial charge in [-0.3, -0.25) is 0 Å². The Hall–Kier alpha value is -2.16. The lowest BCUT2D eigenvalue weighted by molar-refractivity contribution is -0.137. The molecule has 0 spiro atoms. The number of aromatic nitrogens is 2. The minimum Gasteiger partial charge on any atom is -0.368 e. The van der Waals surface area contributed by atoms with Gasteiger partial charge in [0.1, 0.15) is 12.1 Å². The molecule has 0 radical (unpaired) electrons. The van der Waals surface area contributed by atoms with Crippen LogP contribution < -0.4 is 11.1 Å². The van der Waals surface area contributed by atoms with Crippen molar-refractivity contribution in [3.63, 3.8) is 0 Å². The van der Waals surface area contributed by atoms with Crippen LogP contribution in [-0.2, 0) is 6.18 Å². The van der Waals surface area contributed by atoms with E-state index in [0.717, 1.165) is 11.6 Å². The van der Waals surface area contributed by atoms with Gasteiger partial charge >= 0.3 is 6.18 Å². The number of nitrogens with one attached hydrogen (secondary N) is 1. The molecule has 1 aromatic carbocycles. The summed E-state index contributed by atoms with van der Waals surface area (Å²) in [4.78, 5) is 8.21. The standard InChI is InChI=1S/C17H14ClF3N4S/c18-13-5-10(1-2-12(13)17(19,20)21)15-6-16(25-9-24-15)23-7-14(22)11-3-4-26-8-11/h1-6,8-9,14H,7,22H2,(H,23,24,25). The van der Waals surface area contributed by atoms with E-state index in [-0.39, 0.29) is 11.1 Å². The minimum atomic E-state index is -4.49. The molecule has 0 fully saturated rings. The lowest BCUT2D eigenvalue weighted by Gasteiger charge is -2.13. The number of thiophene rings is 1. The molecule has 26 heavy (non-hydrogen) atoms. The van der Waals surface area contributed by atoms with Gasteiger partial charge < -0.3 is 11.1 Å². The van der Waals surface area contributed by atoms with Gasteiger partial charge in [-0.05, 0) is 34.5 Å². The van der Waals surface area contributed by atoms with Gasteiger partial charge in [0.15, 0.2) is 0 Å². The maximum Gasteiger partial charge on any atom is 0.417 e. The molecule has 1 unspecified atom stereocenters. The van der Waals surface area contributed by atoms with Crippen molar-refractivity contribution in [2.24, 2.45) is 5.73 Å². The third kappa shape index (κ3) is 4.32. The maximum atomic E-state index is 12.8. The number of anilines is 1. The highest BCUT2D eigenvalue weighted by atomic mass is 35.5. The molecule has 1 atom stereocenters. The molecule has 0 aliphatic heterocycles. The number of halogens is 4. The molecule has 0 aliphatic rings. The summed E-state index contributed by atoms with van der Waals surface area (Å²) in [6.45, 7) is 0.459. The highest BCUT2D eigenvalue weighted by Crippen LogP contribution is 2.36. The fourth-order valence-electron chi connectivity index (χ4n) is 2.33. The van der Waals surface area contributed by atoms with Gasteiger partial charge in [-0.25, -0.2) is 9.97 Å². The van der Waals surface area contributed by atoms with Gasteiger partial charge in [-0.2, -0.15) is 24.5 Å². The van der Waals surface area contributed by atoms with Gasteiger partial charge in [-0.15, -0.1) is 0 Å². The molecule has 0 aliphatic carbocycles. The Morgan fingerprint density at radius 1 is 1.19 bits per heavy atom. The van der Waals surface area contributed by atoms with Gasteiger partial charge in [0, 0.05) is 24.2 Å². The third-order valence-corrected chi connectivity index (χ3v) is 4.73. The lowest BCUT2D eigenvalue weighted by Crippen LogP contribution is -2.20. The first-order valence-electron chi connectivity index (χ1n) is 7.55. The number of rotatable bonds is 5. The number of nitrogens with two attached hydrogens (primary N) is 1. The summed E-state index contributed by atoms with van der Waals surface area (Å²) in [5.74, 6) is 0.525. The highest BCUT2D eigenvalue weighted by Gasteiger charge is 2.33. The maximum absolute atomic E-state index is 12.8. The fraction of sp³-hybridized carbons (Fsp3) is 0.176. The van der Waals surface area contributed by atoms with Crippen LogP contribution in [0.3, 0.4) is 0 Å². The second kappa shape index (κ2) is 7.61. The number of benzene rings is 1. The Bertz CT molecular complexity index is 884. The fourth-order valence-corrected chi connectivity index (χ4v) is 3.35. The Morgan fingerprint density at radius 2 is 2.00 bits per heavy atom. The minimum absolute atomic E-state index is 0.194. The molecule has 9 heteroatoms. The van der Waals surface area contributed by atoms with E-state index in [1.807, 2.05) is 16.8 Å². The van der Waals surface area contributed by atoms with E-state index < -0.39 is 11.7 Å². The van der Waals surface area contributed by atoms with Gasteiger partial charge in [0.2, 0.25) is 0 Å². The third-order valence-electron chi connectivity index (χ3n) is 3.71. The first-order chi connectivity index (χ1) is 12.3. The summed E-state index contributed by atoms with van der Waals surface area (Å²) in [6, 6.07) is 6.91. The molecule has 136 valence electrons. The number of hydrogen-bond donors (Lipinski definition) is 2. The molecular weight excluding hydrogens is 385 g/mol. The van der Waals surface area contributed by atoms with E-state index in [0.29, 0.717) is 23.6 Å². The van der Waals surface area contributed by atoms with Crippen LogP contribution in [0.4, 0.5) is 19.0 Å². The van der Waals surface area contributed by atoms with Crippen molar-refractivity contribution in [1.82, 2.24) is 9.97 Å². The van der Waals surface area contributed by atoms with Crippen LogP contribution in [0.5, 0.6) is 0 Å². The molecule has 0 bridgehead atoms. The van der Waals surface area contributed by atoms with Crippen molar-refractivity contribution < 1.29 is 13.2 Å². The van der Waals surface area contributed by atoms with Crippen LogP contribution >= 0.6 is 22.9 Å². The molecule has 3 rings (SSSR count). The monoisotopic (exact) mass is 398 g/mol. The van der Waals surface area contributed by atoms with Crippen molar-refractivity contribution in [3.8, 4) is 11.3 Å². The number of alkyl halides is 3. The molecule has 0 saturated heterocycles. The number of nitrogens with zero attached hydrogens (tertiary/aromatic N) is 2. The summed E-state index contributed by atoms with van der Waals surface area (Å²) < 4.78 is 38.4. The normalized spacial score (nSPS) is 12.8. The van der Waals surface area contributed by atoms with Crippen molar-refractivity contribution in [3.05, 3.63) is 63.6 Å². The first kappa shape index (κ1) is 18.6. The first-order valence-corrected chi connectivity index (χ1v) is 8.87. The Balaban J connectivity index is 1.76. The molecule has 3 aromatic rings. The molecule has 3 N–H and O–H groups in total. The van der Waals surface area contributed by atoms with E-state index in [4.69, 9.17) is 17.3 Å². The van der Waals surface area contributed by atoms with Crippen LogP contribution in [0.2, 0.25) is 5.02 Å². The van der Waals surface area contributed by atoms with Gasteiger partial charge in [0.05, 0.1) is 16.3 Å². The van der Waals surface area contributed by atoms with Crippen LogP contribution in [0.15, 0.2) is 47.4 Å². The smallest absolute Gasteiger partial charge is 0.368 e. The van der Waals surface area contributed by atoms with Crippen LogP contribution in [-0.4, -0.2) is 16.5 Å². The topological polar surface area (TPSA) is 63.8 Å². The Kier molecular flexibility index (Phi) is 5.45. The summed E-state index contributed by atoms with van der Waals surface area (Å²) in [5.41, 5.74) is 7.16. The summed E-state index contributed by atoms with van der Waals surface area (Å²) in [7, 11) is 0. The molecule has 2 aromatic heterocycles. The molecule has 2 heterocycles. The van der Waals surface area contributed by atoms with E-state index in [2.05, 4.69) is 15.3 Å². The van der Waals surface area contributed by atoms with Crippen molar-refractivity contribution >= 4 is 28.8 Å². The lowest BCUT2D eigenvalue weighted by atomic mass is 10.1. The zero-order valence-corrected chi connectivity index (χ0v) is 14.9. The SMILES string of the molecule is NC(CNc1cc(-c2ccc(C(F)(F)F)c(Cl)c2)ncn1)c1ccsc1. The molecular formula is C17H14ClF3N4S. The van der Waals surface area contributed by atoms with E-state index in [9.17, 15) is 13.2 Å². The van der Waals surface area contributed by atoms with E-state index in [1.165, 1.54) is 18.5 Å². The highest BCUT2D eigenvalue weighted by molar-refractivity contribution is 7.07. The van der Waals surface area contributed by atoms with Crippen LogP contribution in [0.1, 0.15) is 17.2 Å². The largest absolute Gasteiger partial charge is 0.417 e. The predicted octanol–water partition coefficient (Wildman–Crippen LogP) is 4.99. The van der Waals surface area contributed by atoms with Crippen LogP contribution in [0, 0.1) is 0 Å². The van der Waals surface area contributed by atoms with E-state index >= 15 is 0 Å². The van der Waals surface area contributed by atoms with Crippen molar-refractivity contribution in [2.45, 2.75) is 12.2 Å². The van der Waals surface area contributed by atoms with Gasteiger partial charge in [0.25, 0.3) is 0 Å².